The van der Waals surface area contributed by atoms with Crippen molar-refractivity contribution in [3.63, 3.8) is 0 Å². The fourth-order valence-corrected chi connectivity index (χ4v) is 1.07. The maximum Gasteiger partial charge on any atom is 0.367 e. The Bertz CT molecular complexity index is 375. The molecule has 0 atom stereocenters. The lowest BCUT2D eigenvalue weighted by atomic mass is 10.6. The van der Waals surface area contributed by atoms with Gasteiger partial charge < -0.3 is 0 Å². The maximum atomic E-state index is 4.01. The molecular formula is C7H4BrN4+. The first kappa shape index (κ1) is 7.34. The zero-order chi connectivity index (χ0) is 8.39. The molecule has 0 spiro atoms. The number of hydrogen-bond donors (Lipinski definition) is 0. The number of aliphatic imine (C=N–C) groups is 2. The van der Waals surface area contributed by atoms with E-state index < -0.39 is 0 Å². The molecule has 0 aromatic carbocycles. The van der Waals surface area contributed by atoms with Crippen molar-refractivity contribution in [1.82, 2.24) is 9.78 Å². The second-order valence-electron chi connectivity index (χ2n) is 2.09. The van der Waals surface area contributed by atoms with Gasteiger partial charge in [0, 0.05) is 0 Å². The SMILES string of the molecule is Brc1cnn(C2=NC=C[C+]=N2)c1. The van der Waals surface area contributed by atoms with E-state index in [1.165, 1.54) is 0 Å². The van der Waals surface area contributed by atoms with E-state index in [0.717, 1.165) is 4.47 Å². The van der Waals surface area contributed by atoms with Gasteiger partial charge in [0.25, 0.3) is 0 Å². The van der Waals surface area contributed by atoms with Crippen molar-refractivity contribution in [3.05, 3.63) is 29.1 Å². The predicted molar refractivity (Wildman–Crippen MR) is 49.3 cm³/mol. The molecule has 2 heterocycles. The Hall–Kier alpha value is -1.32. The van der Waals surface area contributed by atoms with Crippen LogP contribution in [0.5, 0.6) is 0 Å². The molecular weight excluding hydrogens is 220 g/mol. The minimum Gasteiger partial charge on any atom is -0.160 e. The second-order valence-corrected chi connectivity index (χ2v) is 3.00. The van der Waals surface area contributed by atoms with Gasteiger partial charge in [0.05, 0.1) is 16.9 Å². The summed E-state index contributed by atoms with van der Waals surface area (Å²) in [6.45, 7) is 0. The highest BCUT2D eigenvalue weighted by atomic mass is 79.9. The zero-order valence-corrected chi connectivity index (χ0v) is 7.56. The molecule has 2 rings (SSSR count). The molecule has 0 aliphatic carbocycles. The lowest BCUT2D eigenvalue weighted by Gasteiger charge is -1.89. The minimum absolute atomic E-state index is 0.517. The minimum atomic E-state index is 0.517. The van der Waals surface area contributed by atoms with Crippen molar-refractivity contribution < 1.29 is 0 Å². The predicted octanol–water partition coefficient (Wildman–Crippen LogP) is 1.32. The van der Waals surface area contributed by atoms with Crippen LogP contribution in [0.15, 0.2) is 39.1 Å². The molecule has 1 aromatic rings. The molecule has 0 fully saturated rings. The monoisotopic (exact) mass is 223 g/mol. The number of aromatic nitrogens is 2. The van der Waals surface area contributed by atoms with E-state index in [1.54, 1.807) is 29.4 Å². The van der Waals surface area contributed by atoms with Crippen LogP contribution in [-0.2, 0) is 0 Å². The van der Waals surface area contributed by atoms with E-state index >= 15 is 0 Å². The lowest BCUT2D eigenvalue weighted by molar-refractivity contribution is 0.919. The molecule has 0 N–H and O–H groups in total. The van der Waals surface area contributed by atoms with Crippen molar-refractivity contribution >= 4 is 28.1 Å². The average molecular weight is 224 g/mol. The zero-order valence-electron chi connectivity index (χ0n) is 5.98. The third kappa shape index (κ3) is 1.32. The molecule has 0 saturated carbocycles. The van der Waals surface area contributed by atoms with Gasteiger partial charge in [0.15, 0.2) is 6.21 Å². The Labute approximate surface area is 77.5 Å². The van der Waals surface area contributed by atoms with Crippen molar-refractivity contribution in [2.24, 2.45) is 9.98 Å². The van der Waals surface area contributed by atoms with E-state index in [4.69, 9.17) is 0 Å². The highest BCUT2D eigenvalue weighted by Crippen LogP contribution is 2.06. The lowest BCUT2D eigenvalue weighted by Crippen LogP contribution is -2.10. The molecule has 4 nitrogen and oxygen atoms in total. The third-order valence-corrected chi connectivity index (χ3v) is 1.67. The van der Waals surface area contributed by atoms with Gasteiger partial charge in [0.2, 0.25) is 0 Å². The van der Waals surface area contributed by atoms with Crippen molar-refractivity contribution in [2.75, 3.05) is 0 Å². The van der Waals surface area contributed by atoms with E-state index in [9.17, 15) is 0 Å². The van der Waals surface area contributed by atoms with Gasteiger partial charge in [-0.25, -0.2) is 0 Å². The topological polar surface area (TPSA) is 42.5 Å². The van der Waals surface area contributed by atoms with Crippen LogP contribution in [0, 0.1) is 0 Å². The van der Waals surface area contributed by atoms with Crippen molar-refractivity contribution in [3.8, 4) is 0 Å². The molecule has 1 aliphatic rings. The van der Waals surface area contributed by atoms with Gasteiger partial charge in [-0.3, -0.25) is 0 Å². The van der Waals surface area contributed by atoms with Crippen LogP contribution in [0.1, 0.15) is 0 Å². The van der Waals surface area contributed by atoms with E-state index in [-0.39, 0.29) is 0 Å². The van der Waals surface area contributed by atoms with Crippen molar-refractivity contribution in [1.29, 1.82) is 0 Å². The molecule has 0 saturated heterocycles. The third-order valence-electron chi connectivity index (χ3n) is 1.26. The highest BCUT2D eigenvalue weighted by Gasteiger charge is 2.10. The second kappa shape index (κ2) is 2.97. The summed E-state index contributed by atoms with van der Waals surface area (Å²) in [7, 11) is 0. The number of nitrogens with zero attached hydrogens (tertiary/aromatic N) is 4. The molecule has 1 aromatic heterocycles. The smallest absolute Gasteiger partial charge is 0.160 e. The van der Waals surface area contributed by atoms with E-state index in [2.05, 4.69) is 37.2 Å². The van der Waals surface area contributed by atoms with Crippen molar-refractivity contribution in [2.45, 2.75) is 0 Å². The number of halogens is 1. The summed E-state index contributed by atoms with van der Waals surface area (Å²) in [5.41, 5.74) is 0. The van der Waals surface area contributed by atoms with Gasteiger partial charge in [0.1, 0.15) is 12.3 Å². The van der Waals surface area contributed by atoms with E-state index in [1.807, 2.05) is 0 Å². The van der Waals surface area contributed by atoms with Gasteiger partial charge in [-0.05, 0) is 20.9 Å². The molecule has 5 heteroatoms. The van der Waals surface area contributed by atoms with E-state index in [0.29, 0.717) is 5.96 Å². The molecule has 0 radical (unpaired) electrons. The normalized spacial score (nSPS) is 14.2. The molecule has 0 bridgehead atoms. The summed E-state index contributed by atoms with van der Waals surface area (Å²) in [4.78, 5) is 7.91. The fourth-order valence-electron chi connectivity index (χ4n) is 0.782. The standard InChI is InChI=1S/C7H4BrN4/c8-6-4-11-12(5-6)7-9-2-1-3-10-7/h1-2,4-5H/q+1. The summed E-state index contributed by atoms with van der Waals surface area (Å²) in [6, 6.07) is 0. The Kier molecular flexibility index (Phi) is 1.81. The van der Waals surface area contributed by atoms with Crippen LogP contribution in [0.25, 0.3) is 0 Å². The molecule has 0 amide bonds. The Morgan fingerprint density at radius 2 is 2.42 bits per heavy atom. The van der Waals surface area contributed by atoms with Crippen LogP contribution < -0.4 is 0 Å². The summed E-state index contributed by atoms with van der Waals surface area (Å²) in [5, 5.41) is 4.01. The summed E-state index contributed by atoms with van der Waals surface area (Å²) in [5.74, 6) is 0.517. The maximum absolute atomic E-state index is 4.01. The average Bonchev–Trinajstić information content (AvgIpc) is 2.54. The first-order valence-corrected chi connectivity index (χ1v) is 4.05. The first-order chi connectivity index (χ1) is 5.86. The van der Waals surface area contributed by atoms with Crippen LogP contribution in [0.3, 0.4) is 0 Å². The number of hydrogen-bond acceptors (Lipinski definition) is 3. The van der Waals surface area contributed by atoms with Crippen LogP contribution in [0.4, 0.5) is 0 Å². The van der Waals surface area contributed by atoms with Crippen LogP contribution in [-0.4, -0.2) is 22.0 Å². The summed E-state index contributed by atoms with van der Waals surface area (Å²) in [6.07, 6.45) is 9.40. The fraction of sp³-hybridized carbons (Fsp3) is 0. The Balaban J connectivity index is 2.37. The van der Waals surface area contributed by atoms with Gasteiger partial charge in [-0.1, -0.05) is 4.99 Å². The number of allylic oxidation sites excluding steroid dienone is 1. The number of rotatable bonds is 0. The van der Waals surface area contributed by atoms with Gasteiger partial charge >= 0.3 is 5.96 Å². The quantitative estimate of drug-likeness (QED) is 0.613. The molecule has 1 aliphatic heterocycles. The molecule has 12 heavy (non-hydrogen) atoms. The van der Waals surface area contributed by atoms with Gasteiger partial charge in [-0.2, -0.15) is 5.10 Å². The highest BCUT2D eigenvalue weighted by molar-refractivity contribution is 9.10. The first-order valence-electron chi connectivity index (χ1n) is 3.26. The Morgan fingerprint density at radius 3 is 3.00 bits per heavy atom. The molecule has 58 valence electrons. The van der Waals surface area contributed by atoms with Crippen LogP contribution in [0.2, 0.25) is 0 Å². The van der Waals surface area contributed by atoms with Gasteiger partial charge in [-0.15, -0.1) is 4.68 Å². The summed E-state index contributed by atoms with van der Waals surface area (Å²) >= 11 is 3.28. The molecule has 0 unspecified atom stereocenters. The largest absolute Gasteiger partial charge is 0.367 e. The summed E-state index contributed by atoms with van der Waals surface area (Å²) < 4.78 is 2.47. The van der Waals surface area contributed by atoms with Crippen LogP contribution >= 0.6 is 15.9 Å². The Morgan fingerprint density at radius 1 is 1.50 bits per heavy atom.